The monoisotopic (exact) mass is 282 g/mol. The first kappa shape index (κ1) is 14.5. The molecule has 0 bridgehead atoms. The Hall–Kier alpha value is -1.41. The van der Waals surface area contributed by atoms with Gasteiger partial charge in [0.1, 0.15) is 0 Å². The molecule has 2 unspecified atom stereocenters. The van der Waals surface area contributed by atoms with E-state index in [0.29, 0.717) is 17.4 Å². The molecule has 0 saturated heterocycles. The van der Waals surface area contributed by atoms with Crippen LogP contribution in [0.4, 0.5) is 0 Å². The van der Waals surface area contributed by atoms with Gasteiger partial charge in [-0.2, -0.15) is 0 Å². The van der Waals surface area contributed by atoms with Crippen molar-refractivity contribution in [1.82, 2.24) is 10.3 Å². The van der Waals surface area contributed by atoms with Gasteiger partial charge in [0.15, 0.2) is 0 Å². The van der Waals surface area contributed by atoms with Crippen molar-refractivity contribution in [3.63, 3.8) is 0 Å². The molecule has 1 heterocycles. The molecule has 3 rings (SSSR count). The molecule has 1 aliphatic carbocycles. The summed E-state index contributed by atoms with van der Waals surface area (Å²) in [5.74, 6) is 0.685. The van der Waals surface area contributed by atoms with Crippen LogP contribution in [0.1, 0.15) is 51.6 Å². The number of benzene rings is 1. The van der Waals surface area contributed by atoms with Gasteiger partial charge in [-0.15, -0.1) is 0 Å². The second kappa shape index (κ2) is 5.76. The zero-order chi connectivity index (χ0) is 14.9. The third-order valence-electron chi connectivity index (χ3n) is 5.20. The summed E-state index contributed by atoms with van der Waals surface area (Å²) in [7, 11) is 0. The maximum Gasteiger partial charge on any atom is 0.0375 e. The van der Waals surface area contributed by atoms with Crippen LogP contribution in [0.3, 0.4) is 0 Å². The minimum Gasteiger partial charge on any atom is -0.310 e. The Morgan fingerprint density at radius 1 is 1.29 bits per heavy atom. The first-order chi connectivity index (χ1) is 10.1. The van der Waals surface area contributed by atoms with Crippen LogP contribution in [0.15, 0.2) is 36.7 Å². The van der Waals surface area contributed by atoms with Gasteiger partial charge in [0.25, 0.3) is 0 Å². The van der Waals surface area contributed by atoms with Crippen molar-refractivity contribution >= 4 is 10.8 Å². The third-order valence-corrected chi connectivity index (χ3v) is 5.20. The average molecular weight is 282 g/mol. The van der Waals surface area contributed by atoms with Gasteiger partial charge in [0.05, 0.1) is 0 Å². The van der Waals surface area contributed by atoms with E-state index in [1.54, 1.807) is 0 Å². The highest BCUT2D eigenvalue weighted by atomic mass is 14.9. The van der Waals surface area contributed by atoms with E-state index in [1.165, 1.54) is 35.6 Å². The van der Waals surface area contributed by atoms with E-state index in [-0.39, 0.29) is 0 Å². The van der Waals surface area contributed by atoms with Crippen molar-refractivity contribution in [1.29, 1.82) is 0 Å². The van der Waals surface area contributed by atoms with E-state index in [4.69, 9.17) is 0 Å². The normalized spacial score (nSPS) is 22.5. The predicted molar refractivity (Wildman–Crippen MR) is 89.3 cm³/mol. The Kier molecular flexibility index (Phi) is 3.99. The number of aromatic nitrogens is 1. The van der Waals surface area contributed by atoms with Gasteiger partial charge in [-0.3, -0.25) is 4.98 Å². The number of rotatable bonds is 4. The fourth-order valence-electron chi connectivity index (χ4n) is 4.05. The second-order valence-corrected chi connectivity index (χ2v) is 6.97. The van der Waals surface area contributed by atoms with E-state index in [9.17, 15) is 0 Å². The fourth-order valence-corrected chi connectivity index (χ4v) is 4.05. The SMILES string of the molecule is CCNC(c1cncc2ccccc12)C1CCCC1(C)C. The largest absolute Gasteiger partial charge is 0.310 e. The molecule has 1 saturated carbocycles. The second-order valence-electron chi connectivity index (χ2n) is 6.97. The molecule has 1 aromatic heterocycles. The van der Waals surface area contributed by atoms with Crippen LogP contribution in [0, 0.1) is 11.3 Å². The predicted octanol–water partition coefficient (Wildman–Crippen LogP) is 4.71. The Morgan fingerprint density at radius 3 is 2.81 bits per heavy atom. The summed E-state index contributed by atoms with van der Waals surface area (Å²) in [6.07, 6.45) is 8.04. The Bertz CT molecular complexity index is 612. The van der Waals surface area contributed by atoms with E-state index in [1.807, 2.05) is 6.20 Å². The summed E-state index contributed by atoms with van der Waals surface area (Å²) in [5.41, 5.74) is 1.78. The van der Waals surface area contributed by atoms with Crippen molar-refractivity contribution in [2.24, 2.45) is 11.3 Å². The quantitative estimate of drug-likeness (QED) is 0.878. The van der Waals surface area contributed by atoms with Gasteiger partial charge in [-0.25, -0.2) is 0 Å². The first-order valence-electron chi connectivity index (χ1n) is 8.19. The zero-order valence-corrected chi connectivity index (χ0v) is 13.4. The lowest BCUT2D eigenvalue weighted by Crippen LogP contribution is -2.34. The van der Waals surface area contributed by atoms with Gasteiger partial charge in [-0.1, -0.05) is 51.5 Å². The van der Waals surface area contributed by atoms with Crippen molar-refractivity contribution in [3.05, 3.63) is 42.2 Å². The molecule has 112 valence electrons. The minimum absolute atomic E-state index is 0.407. The molecule has 0 amide bonds. The van der Waals surface area contributed by atoms with Crippen LogP contribution in [0.5, 0.6) is 0 Å². The maximum absolute atomic E-state index is 4.50. The van der Waals surface area contributed by atoms with Gasteiger partial charge in [-0.05, 0) is 41.7 Å². The van der Waals surface area contributed by atoms with Crippen LogP contribution < -0.4 is 5.32 Å². The summed E-state index contributed by atoms with van der Waals surface area (Å²) in [4.78, 5) is 4.50. The van der Waals surface area contributed by atoms with E-state index < -0.39 is 0 Å². The summed E-state index contributed by atoms with van der Waals surface area (Å²) < 4.78 is 0. The van der Waals surface area contributed by atoms with Crippen molar-refractivity contribution in [2.75, 3.05) is 6.54 Å². The topological polar surface area (TPSA) is 24.9 Å². The van der Waals surface area contributed by atoms with Crippen LogP contribution in [-0.2, 0) is 0 Å². The third kappa shape index (κ3) is 2.69. The van der Waals surface area contributed by atoms with Crippen LogP contribution in [0.25, 0.3) is 10.8 Å². The lowest BCUT2D eigenvalue weighted by Gasteiger charge is -2.35. The Labute approximate surface area is 128 Å². The number of fused-ring (bicyclic) bond motifs is 1. The molecule has 21 heavy (non-hydrogen) atoms. The average Bonchev–Trinajstić information content (AvgIpc) is 2.84. The molecule has 0 aliphatic heterocycles. The summed E-state index contributed by atoms with van der Waals surface area (Å²) in [6.45, 7) is 8.05. The molecular weight excluding hydrogens is 256 g/mol. The molecule has 0 radical (unpaired) electrons. The molecule has 1 aromatic carbocycles. The lowest BCUT2D eigenvalue weighted by molar-refractivity contribution is 0.200. The highest BCUT2D eigenvalue weighted by molar-refractivity contribution is 5.85. The van der Waals surface area contributed by atoms with Crippen LogP contribution in [-0.4, -0.2) is 11.5 Å². The number of hydrogen-bond acceptors (Lipinski definition) is 2. The first-order valence-corrected chi connectivity index (χ1v) is 8.19. The zero-order valence-electron chi connectivity index (χ0n) is 13.4. The van der Waals surface area contributed by atoms with E-state index in [2.05, 4.69) is 61.5 Å². The van der Waals surface area contributed by atoms with Crippen LogP contribution >= 0.6 is 0 Å². The molecule has 2 aromatic rings. The molecule has 2 nitrogen and oxygen atoms in total. The molecule has 2 atom stereocenters. The molecule has 0 spiro atoms. The number of hydrogen-bond donors (Lipinski definition) is 1. The lowest BCUT2D eigenvalue weighted by atomic mass is 9.75. The van der Waals surface area contributed by atoms with Crippen molar-refractivity contribution in [3.8, 4) is 0 Å². The molecular formula is C19H26N2. The standard InChI is InChI=1S/C19H26N2/c1-4-21-18(17-10-7-11-19(17,2)3)16-13-20-12-14-8-5-6-9-15(14)16/h5-6,8-9,12-13,17-18,21H,4,7,10-11H2,1-3H3. The highest BCUT2D eigenvalue weighted by Gasteiger charge is 2.40. The molecule has 2 heteroatoms. The van der Waals surface area contributed by atoms with Gasteiger partial charge in [0.2, 0.25) is 0 Å². The smallest absolute Gasteiger partial charge is 0.0375 e. The molecule has 1 fully saturated rings. The number of nitrogens with one attached hydrogen (secondary N) is 1. The van der Waals surface area contributed by atoms with Gasteiger partial charge < -0.3 is 5.32 Å². The number of nitrogens with zero attached hydrogens (tertiary/aromatic N) is 1. The van der Waals surface area contributed by atoms with E-state index >= 15 is 0 Å². The van der Waals surface area contributed by atoms with E-state index in [0.717, 1.165) is 6.54 Å². The van der Waals surface area contributed by atoms with Crippen molar-refractivity contribution < 1.29 is 0 Å². The Morgan fingerprint density at radius 2 is 2.10 bits per heavy atom. The van der Waals surface area contributed by atoms with Crippen molar-refractivity contribution in [2.45, 2.75) is 46.1 Å². The minimum atomic E-state index is 0.407. The summed E-state index contributed by atoms with van der Waals surface area (Å²) >= 11 is 0. The summed E-state index contributed by atoms with van der Waals surface area (Å²) in [5, 5.41) is 6.34. The van der Waals surface area contributed by atoms with Gasteiger partial charge >= 0.3 is 0 Å². The van der Waals surface area contributed by atoms with Crippen LogP contribution in [0.2, 0.25) is 0 Å². The Balaban J connectivity index is 2.07. The fraction of sp³-hybridized carbons (Fsp3) is 0.526. The molecule has 1 aliphatic rings. The maximum atomic E-state index is 4.50. The highest BCUT2D eigenvalue weighted by Crippen LogP contribution is 2.49. The summed E-state index contributed by atoms with van der Waals surface area (Å²) in [6, 6.07) is 9.03. The van der Waals surface area contributed by atoms with Gasteiger partial charge in [0, 0.05) is 23.8 Å². The number of pyridine rings is 1. The molecule has 1 N–H and O–H groups in total.